The summed E-state index contributed by atoms with van der Waals surface area (Å²) >= 11 is 1.85. The number of fused-ring (bicyclic) bond motifs is 11. The molecule has 1 aliphatic carbocycles. The molecule has 0 N–H and O–H groups in total. The van der Waals surface area contributed by atoms with E-state index >= 15 is 0 Å². The fourth-order valence-electron chi connectivity index (χ4n) is 7.53. The molecule has 3 heterocycles. The van der Waals surface area contributed by atoms with Crippen molar-refractivity contribution in [3.63, 3.8) is 0 Å². The van der Waals surface area contributed by atoms with Crippen molar-refractivity contribution in [2.45, 2.75) is 15.2 Å². The van der Waals surface area contributed by atoms with Crippen molar-refractivity contribution in [2.75, 3.05) is 0 Å². The Morgan fingerprint density at radius 3 is 1.62 bits per heavy atom. The number of benzene rings is 6. The normalized spacial score (nSPS) is 13.6. The Hall–Kier alpha value is -5.78. The molecule has 4 nitrogen and oxygen atoms in total. The second-order valence-corrected chi connectivity index (χ2v) is 13.0. The van der Waals surface area contributed by atoms with Gasteiger partial charge in [-0.3, -0.25) is 0 Å². The second-order valence-electron chi connectivity index (χ2n) is 11.9. The minimum absolute atomic E-state index is 0.459. The first-order valence-electron chi connectivity index (χ1n) is 15.7. The molecule has 0 bridgehead atoms. The summed E-state index contributed by atoms with van der Waals surface area (Å²) in [6.45, 7) is 0. The molecule has 1 spiro atoms. The summed E-state index contributed by atoms with van der Waals surface area (Å²) in [5.41, 5.74) is 10.5. The number of nitrogens with zero attached hydrogens (tertiary/aromatic N) is 3. The zero-order chi connectivity index (χ0) is 31.0. The van der Waals surface area contributed by atoms with Crippen LogP contribution in [0.4, 0.5) is 0 Å². The van der Waals surface area contributed by atoms with Gasteiger partial charge in [0.2, 0.25) is 0 Å². The molecule has 0 atom stereocenters. The minimum atomic E-state index is -0.459. The van der Waals surface area contributed by atoms with E-state index in [0.717, 1.165) is 33.2 Å². The first kappa shape index (κ1) is 26.4. The minimum Gasteiger partial charge on any atom is -0.463 e. The molecule has 8 aromatic rings. The number of hydrogen-bond acceptors (Lipinski definition) is 5. The topological polar surface area (TPSA) is 51.8 Å². The number of hydrogen-bond donors (Lipinski definition) is 0. The Morgan fingerprint density at radius 1 is 0.447 bits per heavy atom. The van der Waals surface area contributed by atoms with Gasteiger partial charge in [-0.25, -0.2) is 15.0 Å². The first-order valence-corrected chi connectivity index (χ1v) is 16.5. The van der Waals surface area contributed by atoms with E-state index in [4.69, 9.17) is 19.4 Å². The summed E-state index contributed by atoms with van der Waals surface area (Å²) in [7, 11) is 0. The maximum Gasteiger partial charge on any atom is 0.167 e. The molecule has 220 valence electrons. The molecule has 0 saturated carbocycles. The number of aromatic nitrogens is 3. The van der Waals surface area contributed by atoms with Crippen molar-refractivity contribution < 1.29 is 4.42 Å². The average molecular weight is 620 g/mol. The van der Waals surface area contributed by atoms with E-state index in [9.17, 15) is 0 Å². The lowest BCUT2D eigenvalue weighted by Gasteiger charge is -2.39. The maximum atomic E-state index is 6.60. The largest absolute Gasteiger partial charge is 0.463 e. The van der Waals surface area contributed by atoms with Gasteiger partial charge in [0.1, 0.15) is 11.8 Å². The van der Waals surface area contributed by atoms with Gasteiger partial charge in [-0.15, -0.1) is 0 Å². The molecule has 2 aliphatic rings. The summed E-state index contributed by atoms with van der Waals surface area (Å²) in [5, 5.41) is 0.978. The van der Waals surface area contributed by atoms with Gasteiger partial charge in [0.05, 0.1) is 11.0 Å². The third kappa shape index (κ3) is 3.75. The zero-order valence-corrected chi connectivity index (χ0v) is 25.9. The standard InChI is InChI=1S/C42H25N3OS/c1-3-13-26(14-4-1)39-43-40(27-15-5-2-6-16-27)45-41(44-39)30-25-46-38-28(30)23-24-34-37(38)29-17-7-8-18-31(29)42(34)32-19-9-11-21-35(32)47-36-22-12-10-20-33(36)42/h1-25H. The quantitative estimate of drug-likeness (QED) is 0.197. The molecule has 10 rings (SSSR count). The van der Waals surface area contributed by atoms with Crippen LogP contribution in [0, 0.1) is 0 Å². The Labute approximate surface area is 275 Å². The van der Waals surface area contributed by atoms with Gasteiger partial charge in [0.15, 0.2) is 17.5 Å². The summed E-state index contributed by atoms with van der Waals surface area (Å²) < 4.78 is 6.60. The van der Waals surface area contributed by atoms with Crippen molar-refractivity contribution in [1.29, 1.82) is 0 Å². The first-order chi connectivity index (χ1) is 23.3. The van der Waals surface area contributed by atoms with Crippen LogP contribution >= 0.6 is 11.8 Å². The second kappa shape index (κ2) is 10.1. The van der Waals surface area contributed by atoms with E-state index in [1.807, 2.05) is 78.7 Å². The summed E-state index contributed by atoms with van der Waals surface area (Å²) in [6, 6.07) is 51.1. The van der Waals surface area contributed by atoms with E-state index in [1.165, 1.54) is 37.6 Å². The van der Waals surface area contributed by atoms with Crippen molar-refractivity contribution >= 4 is 22.7 Å². The molecule has 6 aromatic carbocycles. The van der Waals surface area contributed by atoms with Crippen LogP contribution in [-0.4, -0.2) is 15.0 Å². The summed E-state index contributed by atoms with van der Waals surface area (Å²) in [6.07, 6.45) is 1.82. The summed E-state index contributed by atoms with van der Waals surface area (Å²) in [5.74, 6) is 1.84. The highest BCUT2D eigenvalue weighted by Crippen LogP contribution is 2.63. The van der Waals surface area contributed by atoms with E-state index in [0.29, 0.717) is 17.5 Å². The zero-order valence-electron chi connectivity index (χ0n) is 25.1. The van der Waals surface area contributed by atoms with Crippen LogP contribution in [0.1, 0.15) is 22.3 Å². The fraction of sp³-hybridized carbons (Fsp3) is 0.0238. The summed E-state index contributed by atoms with van der Waals surface area (Å²) in [4.78, 5) is 17.5. The molecule has 0 amide bonds. The average Bonchev–Trinajstić information content (AvgIpc) is 3.71. The molecule has 0 radical (unpaired) electrons. The molecule has 47 heavy (non-hydrogen) atoms. The third-order valence-electron chi connectivity index (χ3n) is 9.49. The van der Waals surface area contributed by atoms with Crippen LogP contribution < -0.4 is 0 Å². The van der Waals surface area contributed by atoms with E-state index < -0.39 is 5.41 Å². The smallest absolute Gasteiger partial charge is 0.167 e. The number of rotatable bonds is 3. The van der Waals surface area contributed by atoms with Gasteiger partial charge in [-0.2, -0.15) is 0 Å². The van der Waals surface area contributed by atoms with Gasteiger partial charge in [0.25, 0.3) is 0 Å². The highest BCUT2D eigenvalue weighted by molar-refractivity contribution is 7.99. The van der Waals surface area contributed by atoms with Crippen molar-refractivity contribution in [2.24, 2.45) is 0 Å². The fourth-order valence-corrected chi connectivity index (χ4v) is 8.72. The van der Waals surface area contributed by atoms with Crippen LogP contribution in [0.3, 0.4) is 0 Å². The highest BCUT2D eigenvalue weighted by Gasteiger charge is 2.51. The van der Waals surface area contributed by atoms with Gasteiger partial charge < -0.3 is 4.42 Å². The van der Waals surface area contributed by atoms with Gasteiger partial charge in [0, 0.05) is 31.9 Å². The molecule has 0 fully saturated rings. The molecule has 0 saturated heterocycles. The van der Waals surface area contributed by atoms with Crippen molar-refractivity contribution in [1.82, 2.24) is 15.0 Å². The Kier molecular flexibility index (Phi) is 5.69. The maximum absolute atomic E-state index is 6.60. The number of furan rings is 1. The van der Waals surface area contributed by atoms with Crippen molar-refractivity contribution in [3.05, 3.63) is 174 Å². The Bertz CT molecular complexity index is 2400. The van der Waals surface area contributed by atoms with Crippen LogP contribution in [0.15, 0.2) is 166 Å². The Balaban J connectivity index is 1.25. The Morgan fingerprint density at radius 2 is 0.979 bits per heavy atom. The SMILES string of the molecule is c1ccc(-c2nc(-c3ccccc3)nc(-c3coc4c5c(ccc34)C3(c4ccccc4Sc4ccccc43)c3ccccc3-5)n2)cc1. The molecule has 5 heteroatoms. The van der Waals surface area contributed by atoms with E-state index in [-0.39, 0.29) is 0 Å². The van der Waals surface area contributed by atoms with E-state index in [2.05, 4.69) is 84.9 Å². The monoisotopic (exact) mass is 619 g/mol. The predicted octanol–water partition coefficient (Wildman–Crippen LogP) is 10.4. The van der Waals surface area contributed by atoms with E-state index in [1.54, 1.807) is 0 Å². The highest BCUT2D eigenvalue weighted by atomic mass is 32.2. The molecule has 2 aromatic heterocycles. The van der Waals surface area contributed by atoms with Crippen molar-refractivity contribution in [3.8, 4) is 45.3 Å². The van der Waals surface area contributed by atoms with Gasteiger partial charge >= 0.3 is 0 Å². The molecule has 1 aliphatic heterocycles. The molecule has 0 unspecified atom stereocenters. The van der Waals surface area contributed by atoms with Gasteiger partial charge in [-0.05, 0) is 46.0 Å². The van der Waals surface area contributed by atoms with Gasteiger partial charge in [-0.1, -0.05) is 139 Å². The van der Waals surface area contributed by atoms with Crippen LogP contribution in [-0.2, 0) is 5.41 Å². The molecular formula is C42H25N3OS. The lowest BCUT2D eigenvalue weighted by molar-refractivity contribution is 0.616. The molecular weight excluding hydrogens is 595 g/mol. The van der Waals surface area contributed by atoms with Crippen LogP contribution in [0.2, 0.25) is 0 Å². The van der Waals surface area contributed by atoms with Crippen LogP contribution in [0.25, 0.3) is 56.3 Å². The lowest BCUT2D eigenvalue weighted by atomic mass is 9.67. The predicted molar refractivity (Wildman–Crippen MR) is 187 cm³/mol. The van der Waals surface area contributed by atoms with Crippen LogP contribution in [0.5, 0.6) is 0 Å². The lowest BCUT2D eigenvalue weighted by Crippen LogP contribution is -2.31. The third-order valence-corrected chi connectivity index (χ3v) is 10.6.